The van der Waals surface area contributed by atoms with Gasteiger partial charge in [0, 0.05) is 25.2 Å². The Balaban J connectivity index is 2.09. The fourth-order valence-electron chi connectivity index (χ4n) is 3.09. The van der Waals surface area contributed by atoms with Crippen LogP contribution in [0.3, 0.4) is 0 Å². The minimum atomic E-state index is -3.03. The maximum absolute atomic E-state index is 12.2. The summed E-state index contributed by atoms with van der Waals surface area (Å²) in [5.41, 5.74) is 0. The van der Waals surface area contributed by atoms with Crippen LogP contribution in [0.1, 0.15) is 39.5 Å². The molecule has 2 fully saturated rings. The summed E-state index contributed by atoms with van der Waals surface area (Å²) in [5.74, 6) is 0.296. The lowest BCUT2D eigenvalue weighted by Gasteiger charge is -2.46. The quantitative estimate of drug-likeness (QED) is 0.767. The molecule has 0 saturated carbocycles. The van der Waals surface area contributed by atoms with Crippen LogP contribution in [0.5, 0.6) is 0 Å². The highest BCUT2D eigenvalue weighted by Gasteiger charge is 2.37. The minimum Gasteiger partial charge on any atom is -0.297 e. The predicted molar refractivity (Wildman–Crippen MR) is 69.5 cm³/mol. The Morgan fingerprint density at radius 3 is 2.71 bits per heavy atom. The molecule has 2 atom stereocenters. The Bertz CT molecular complexity index is 356. The summed E-state index contributed by atoms with van der Waals surface area (Å²) in [6.07, 6.45) is 4.38. The van der Waals surface area contributed by atoms with Crippen LogP contribution in [0, 0.1) is 0 Å². The molecule has 0 aliphatic carbocycles. The minimum absolute atomic E-state index is 0.140. The van der Waals surface area contributed by atoms with E-state index in [1.165, 1.54) is 12.8 Å². The molecule has 17 heavy (non-hydrogen) atoms. The number of piperidine rings is 1. The molecule has 0 radical (unpaired) electrons. The maximum atomic E-state index is 12.2. The van der Waals surface area contributed by atoms with Gasteiger partial charge in [-0.3, -0.25) is 4.90 Å². The van der Waals surface area contributed by atoms with Gasteiger partial charge in [0.1, 0.15) is 0 Å². The van der Waals surface area contributed by atoms with E-state index in [-0.39, 0.29) is 6.04 Å². The number of sulfonamides is 1. The van der Waals surface area contributed by atoms with E-state index in [0.29, 0.717) is 24.8 Å². The van der Waals surface area contributed by atoms with Crippen molar-refractivity contribution in [3.8, 4) is 0 Å². The molecule has 0 amide bonds. The molecule has 2 rings (SSSR count). The molecule has 2 saturated heterocycles. The molecule has 2 unspecified atom stereocenters. The molecular formula is C12H24N2O2S. The molecule has 0 aromatic carbocycles. The van der Waals surface area contributed by atoms with Crippen molar-refractivity contribution >= 4 is 10.0 Å². The second-order valence-corrected chi connectivity index (χ2v) is 7.42. The Hall–Kier alpha value is -0.130. The van der Waals surface area contributed by atoms with Crippen LogP contribution in [-0.4, -0.2) is 55.1 Å². The summed E-state index contributed by atoms with van der Waals surface area (Å²) in [4.78, 5) is 2.48. The van der Waals surface area contributed by atoms with Crippen molar-refractivity contribution in [2.24, 2.45) is 0 Å². The largest absolute Gasteiger partial charge is 0.297 e. The zero-order valence-electron chi connectivity index (χ0n) is 10.9. The Morgan fingerprint density at radius 1 is 1.24 bits per heavy atom. The van der Waals surface area contributed by atoms with Gasteiger partial charge in [-0.05, 0) is 32.7 Å². The SMILES string of the molecule is CCCS(=O)(=O)N1CC2CCCCN2CC1C. The topological polar surface area (TPSA) is 40.6 Å². The van der Waals surface area contributed by atoms with Crippen molar-refractivity contribution in [2.45, 2.75) is 51.6 Å². The molecule has 0 bridgehead atoms. The van der Waals surface area contributed by atoms with Crippen molar-refractivity contribution in [1.82, 2.24) is 9.21 Å². The Labute approximate surface area is 105 Å². The molecular weight excluding hydrogens is 236 g/mol. The third-order valence-corrected chi connectivity index (χ3v) is 6.10. The van der Waals surface area contributed by atoms with E-state index < -0.39 is 10.0 Å². The van der Waals surface area contributed by atoms with Crippen LogP contribution in [0.4, 0.5) is 0 Å². The van der Waals surface area contributed by atoms with Crippen molar-refractivity contribution in [1.29, 1.82) is 0 Å². The second kappa shape index (κ2) is 5.24. The van der Waals surface area contributed by atoms with Gasteiger partial charge in [0.15, 0.2) is 0 Å². The van der Waals surface area contributed by atoms with Crippen LogP contribution in [0.25, 0.3) is 0 Å². The number of hydrogen-bond donors (Lipinski definition) is 0. The van der Waals surface area contributed by atoms with Crippen molar-refractivity contribution in [2.75, 3.05) is 25.4 Å². The summed E-state index contributed by atoms with van der Waals surface area (Å²) in [6.45, 7) is 6.74. The predicted octanol–water partition coefficient (Wildman–Crippen LogP) is 1.28. The first-order chi connectivity index (χ1) is 8.04. The van der Waals surface area contributed by atoms with Gasteiger partial charge >= 0.3 is 0 Å². The fraction of sp³-hybridized carbons (Fsp3) is 1.00. The molecule has 2 heterocycles. The van der Waals surface area contributed by atoms with Crippen LogP contribution in [0.2, 0.25) is 0 Å². The average molecular weight is 260 g/mol. The Morgan fingerprint density at radius 2 is 2.00 bits per heavy atom. The van der Waals surface area contributed by atoms with Gasteiger partial charge in [-0.1, -0.05) is 13.3 Å². The van der Waals surface area contributed by atoms with Crippen LogP contribution >= 0.6 is 0 Å². The monoisotopic (exact) mass is 260 g/mol. The summed E-state index contributed by atoms with van der Waals surface area (Å²) >= 11 is 0. The van der Waals surface area contributed by atoms with Crippen molar-refractivity contribution in [3.05, 3.63) is 0 Å². The number of nitrogens with zero attached hydrogens (tertiary/aromatic N) is 2. The van der Waals surface area contributed by atoms with E-state index in [0.717, 1.165) is 19.5 Å². The summed E-state index contributed by atoms with van der Waals surface area (Å²) in [6, 6.07) is 0.604. The smallest absolute Gasteiger partial charge is 0.214 e. The Kier molecular flexibility index (Phi) is 4.10. The first kappa shape index (κ1) is 13.3. The summed E-state index contributed by atoms with van der Waals surface area (Å²) in [5, 5.41) is 0. The van der Waals surface area contributed by atoms with Gasteiger partial charge in [-0.2, -0.15) is 4.31 Å². The van der Waals surface area contributed by atoms with E-state index in [9.17, 15) is 8.42 Å². The molecule has 100 valence electrons. The molecule has 4 nitrogen and oxygen atoms in total. The van der Waals surface area contributed by atoms with Gasteiger partial charge in [-0.25, -0.2) is 8.42 Å². The molecule has 0 aromatic rings. The van der Waals surface area contributed by atoms with Gasteiger partial charge in [0.05, 0.1) is 5.75 Å². The number of piperazine rings is 1. The van der Waals surface area contributed by atoms with E-state index >= 15 is 0 Å². The fourth-order valence-corrected chi connectivity index (χ4v) is 4.85. The van der Waals surface area contributed by atoms with Crippen molar-refractivity contribution < 1.29 is 8.42 Å². The molecule has 0 N–H and O–H groups in total. The zero-order chi connectivity index (χ0) is 12.5. The van der Waals surface area contributed by atoms with E-state index in [1.807, 2.05) is 13.8 Å². The number of hydrogen-bond acceptors (Lipinski definition) is 3. The van der Waals surface area contributed by atoms with E-state index in [2.05, 4.69) is 4.90 Å². The maximum Gasteiger partial charge on any atom is 0.214 e. The standard InChI is InChI=1S/C12H24N2O2S/c1-3-8-17(15,16)14-10-12-6-4-5-7-13(12)9-11(14)2/h11-12H,3-10H2,1-2H3. The summed E-state index contributed by atoms with van der Waals surface area (Å²) < 4.78 is 26.1. The lowest BCUT2D eigenvalue weighted by Crippen LogP contribution is -2.60. The van der Waals surface area contributed by atoms with E-state index in [4.69, 9.17) is 0 Å². The van der Waals surface area contributed by atoms with Gasteiger partial charge < -0.3 is 0 Å². The third-order valence-electron chi connectivity index (χ3n) is 3.95. The average Bonchev–Trinajstić information content (AvgIpc) is 2.27. The highest BCUT2D eigenvalue weighted by Crippen LogP contribution is 2.26. The van der Waals surface area contributed by atoms with Gasteiger partial charge in [0.25, 0.3) is 0 Å². The molecule has 2 aliphatic rings. The van der Waals surface area contributed by atoms with Crippen molar-refractivity contribution in [3.63, 3.8) is 0 Å². The molecule has 0 spiro atoms. The number of fused-ring (bicyclic) bond motifs is 1. The molecule has 2 aliphatic heterocycles. The lowest BCUT2D eigenvalue weighted by atomic mass is 9.99. The first-order valence-corrected chi connectivity index (χ1v) is 8.39. The van der Waals surface area contributed by atoms with Crippen LogP contribution in [0.15, 0.2) is 0 Å². The van der Waals surface area contributed by atoms with Crippen LogP contribution in [-0.2, 0) is 10.0 Å². The highest BCUT2D eigenvalue weighted by molar-refractivity contribution is 7.89. The van der Waals surface area contributed by atoms with E-state index in [1.54, 1.807) is 4.31 Å². The second-order valence-electron chi connectivity index (χ2n) is 5.38. The molecule has 0 aromatic heterocycles. The highest BCUT2D eigenvalue weighted by atomic mass is 32.2. The third kappa shape index (κ3) is 2.83. The van der Waals surface area contributed by atoms with Gasteiger partial charge in [0.2, 0.25) is 10.0 Å². The first-order valence-electron chi connectivity index (χ1n) is 6.78. The zero-order valence-corrected chi connectivity index (χ0v) is 11.7. The summed E-state index contributed by atoms with van der Waals surface area (Å²) in [7, 11) is -3.03. The normalized spacial score (nSPS) is 32.4. The molecule has 5 heteroatoms. The van der Waals surface area contributed by atoms with Gasteiger partial charge in [-0.15, -0.1) is 0 Å². The number of rotatable bonds is 3. The lowest BCUT2D eigenvalue weighted by molar-refractivity contribution is 0.0564. The van der Waals surface area contributed by atoms with Crippen LogP contribution < -0.4 is 0 Å².